The molecular formula is C15H21N3O3. The van der Waals surface area contributed by atoms with Crippen molar-refractivity contribution in [1.82, 2.24) is 4.90 Å². The van der Waals surface area contributed by atoms with Crippen molar-refractivity contribution in [2.24, 2.45) is 11.8 Å². The molecule has 21 heavy (non-hydrogen) atoms. The lowest BCUT2D eigenvalue weighted by atomic mass is 9.88. The van der Waals surface area contributed by atoms with Gasteiger partial charge in [-0.3, -0.25) is 14.9 Å². The highest BCUT2D eigenvalue weighted by molar-refractivity contribution is 6.00. The van der Waals surface area contributed by atoms with Crippen LogP contribution >= 0.6 is 0 Å². The molecule has 2 unspecified atom stereocenters. The molecule has 0 bridgehead atoms. The van der Waals surface area contributed by atoms with E-state index in [9.17, 15) is 14.9 Å². The van der Waals surface area contributed by atoms with Crippen LogP contribution in [0.25, 0.3) is 0 Å². The SMILES string of the molecule is CNc1ccc([N+](=O)[O-])cc1C(=O)N1CCC(C)C(C)C1. The van der Waals surface area contributed by atoms with Gasteiger partial charge in [0.2, 0.25) is 0 Å². The van der Waals surface area contributed by atoms with Crippen molar-refractivity contribution in [3.8, 4) is 0 Å². The monoisotopic (exact) mass is 291 g/mol. The van der Waals surface area contributed by atoms with E-state index in [1.165, 1.54) is 12.1 Å². The number of piperidine rings is 1. The molecule has 6 nitrogen and oxygen atoms in total. The van der Waals surface area contributed by atoms with E-state index in [1.807, 2.05) is 0 Å². The molecule has 1 N–H and O–H groups in total. The number of anilines is 1. The molecule has 0 spiro atoms. The molecular weight excluding hydrogens is 270 g/mol. The summed E-state index contributed by atoms with van der Waals surface area (Å²) in [5.74, 6) is 0.907. The van der Waals surface area contributed by atoms with E-state index in [1.54, 1.807) is 18.0 Å². The van der Waals surface area contributed by atoms with E-state index in [0.717, 1.165) is 6.42 Å². The quantitative estimate of drug-likeness (QED) is 0.686. The first kappa shape index (κ1) is 15.3. The number of hydrogen-bond donors (Lipinski definition) is 1. The molecule has 1 aliphatic heterocycles. The molecule has 1 aromatic rings. The fraction of sp³-hybridized carbons (Fsp3) is 0.533. The van der Waals surface area contributed by atoms with E-state index >= 15 is 0 Å². The van der Waals surface area contributed by atoms with Crippen LogP contribution < -0.4 is 5.32 Å². The molecule has 0 radical (unpaired) electrons. The van der Waals surface area contributed by atoms with Crippen molar-refractivity contribution in [2.45, 2.75) is 20.3 Å². The number of non-ortho nitro benzene ring substituents is 1. The van der Waals surface area contributed by atoms with Crippen LogP contribution in [-0.4, -0.2) is 35.9 Å². The Morgan fingerprint density at radius 1 is 1.38 bits per heavy atom. The van der Waals surface area contributed by atoms with Crippen LogP contribution in [0.3, 0.4) is 0 Å². The van der Waals surface area contributed by atoms with Crippen LogP contribution in [0.1, 0.15) is 30.6 Å². The Balaban J connectivity index is 2.29. The molecule has 1 aromatic carbocycles. The summed E-state index contributed by atoms with van der Waals surface area (Å²) in [5, 5.41) is 13.8. The Kier molecular flexibility index (Phi) is 4.45. The average molecular weight is 291 g/mol. The zero-order chi connectivity index (χ0) is 15.6. The molecule has 0 saturated carbocycles. The number of hydrogen-bond acceptors (Lipinski definition) is 4. The highest BCUT2D eigenvalue weighted by Crippen LogP contribution is 2.27. The number of rotatable bonds is 3. The summed E-state index contributed by atoms with van der Waals surface area (Å²) in [6.07, 6.45) is 0.969. The number of nitrogens with zero attached hydrogens (tertiary/aromatic N) is 2. The van der Waals surface area contributed by atoms with Crippen LogP contribution in [-0.2, 0) is 0 Å². The maximum absolute atomic E-state index is 12.7. The fourth-order valence-electron chi connectivity index (χ4n) is 2.66. The molecule has 0 aliphatic carbocycles. The minimum Gasteiger partial charge on any atom is -0.387 e. The highest BCUT2D eigenvalue weighted by Gasteiger charge is 2.28. The minimum absolute atomic E-state index is 0.0595. The van der Waals surface area contributed by atoms with Gasteiger partial charge in [0.05, 0.1) is 10.5 Å². The van der Waals surface area contributed by atoms with Crippen LogP contribution in [0.15, 0.2) is 18.2 Å². The molecule has 2 rings (SSSR count). The lowest BCUT2D eigenvalue weighted by Crippen LogP contribution is -2.42. The number of carbonyl (C=O) groups excluding carboxylic acids is 1. The summed E-state index contributed by atoms with van der Waals surface area (Å²) in [5.41, 5.74) is 0.932. The Morgan fingerprint density at radius 3 is 2.67 bits per heavy atom. The third-order valence-corrected chi connectivity index (χ3v) is 4.34. The molecule has 0 aromatic heterocycles. The number of amides is 1. The molecule has 114 valence electrons. The maximum atomic E-state index is 12.7. The lowest BCUT2D eigenvalue weighted by Gasteiger charge is -2.35. The van der Waals surface area contributed by atoms with Crippen LogP contribution in [0.4, 0.5) is 11.4 Å². The Morgan fingerprint density at radius 2 is 2.10 bits per heavy atom. The van der Waals surface area contributed by atoms with E-state index in [4.69, 9.17) is 0 Å². The standard InChI is InChI=1S/C15H21N3O3/c1-10-6-7-17(9-11(10)2)15(19)13-8-12(18(20)21)4-5-14(13)16-3/h4-5,8,10-11,16H,6-7,9H2,1-3H3. The van der Waals surface area contributed by atoms with Gasteiger partial charge >= 0.3 is 0 Å². The maximum Gasteiger partial charge on any atom is 0.270 e. The molecule has 6 heteroatoms. The Hall–Kier alpha value is -2.11. The fourth-order valence-corrected chi connectivity index (χ4v) is 2.66. The summed E-state index contributed by atoms with van der Waals surface area (Å²) in [7, 11) is 1.71. The van der Waals surface area contributed by atoms with Crippen molar-refractivity contribution in [3.63, 3.8) is 0 Å². The van der Waals surface area contributed by atoms with E-state index < -0.39 is 4.92 Å². The van der Waals surface area contributed by atoms with Gasteiger partial charge in [-0.2, -0.15) is 0 Å². The van der Waals surface area contributed by atoms with Gasteiger partial charge in [-0.05, 0) is 24.3 Å². The first-order valence-corrected chi connectivity index (χ1v) is 7.19. The zero-order valence-electron chi connectivity index (χ0n) is 12.6. The molecule has 1 heterocycles. The zero-order valence-corrected chi connectivity index (χ0v) is 12.6. The lowest BCUT2D eigenvalue weighted by molar-refractivity contribution is -0.384. The first-order valence-electron chi connectivity index (χ1n) is 7.19. The van der Waals surface area contributed by atoms with Crippen molar-refractivity contribution in [3.05, 3.63) is 33.9 Å². The second kappa shape index (κ2) is 6.11. The largest absolute Gasteiger partial charge is 0.387 e. The van der Waals surface area contributed by atoms with Gasteiger partial charge < -0.3 is 10.2 Å². The number of nitro groups is 1. The van der Waals surface area contributed by atoms with Crippen LogP contribution in [0.5, 0.6) is 0 Å². The number of likely N-dealkylation sites (tertiary alicyclic amines) is 1. The molecule has 1 amide bonds. The average Bonchev–Trinajstić information content (AvgIpc) is 2.48. The van der Waals surface area contributed by atoms with Gasteiger partial charge in [0.25, 0.3) is 11.6 Å². The van der Waals surface area contributed by atoms with Crippen molar-refractivity contribution in [2.75, 3.05) is 25.5 Å². The summed E-state index contributed by atoms with van der Waals surface area (Å²) in [6.45, 7) is 5.73. The van der Waals surface area contributed by atoms with Gasteiger partial charge in [0.15, 0.2) is 0 Å². The topological polar surface area (TPSA) is 75.5 Å². The molecule has 1 saturated heterocycles. The second-order valence-electron chi connectivity index (χ2n) is 5.73. The third kappa shape index (κ3) is 3.15. The molecule has 1 fully saturated rings. The van der Waals surface area contributed by atoms with E-state index in [2.05, 4.69) is 19.2 Å². The van der Waals surface area contributed by atoms with Crippen LogP contribution in [0, 0.1) is 22.0 Å². The summed E-state index contributed by atoms with van der Waals surface area (Å²) < 4.78 is 0. The predicted octanol–water partition coefficient (Wildman–Crippen LogP) is 2.75. The Bertz CT molecular complexity index is 559. The van der Waals surface area contributed by atoms with Gasteiger partial charge in [-0.25, -0.2) is 0 Å². The minimum atomic E-state index is -0.475. The van der Waals surface area contributed by atoms with Crippen molar-refractivity contribution < 1.29 is 9.72 Å². The second-order valence-corrected chi connectivity index (χ2v) is 5.73. The van der Waals surface area contributed by atoms with Gasteiger partial charge in [-0.15, -0.1) is 0 Å². The van der Waals surface area contributed by atoms with Gasteiger partial charge in [0, 0.05) is 38.0 Å². The van der Waals surface area contributed by atoms with Gasteiger partial charge in [-0.1, -0.05) is 13.8 Å². The molecule has 1 aliphatic rings. The van der Waals surface area contributed by atoms with E-state index in [0.29, 0.717) is 36.2 Å². The summed E-state index contributed by atoms with van der Waals surface area (Å²) in [4.78, 5) is 24.9. The first-order chi connectivity index (χ1) is 9.93. The van der Waals surface area contributed by atoms with Gasteiger partial charge in [0.1, 0.15) is 0 Å². The summed E-state index contributed by atoms with van der Waals surface area (Å²) >= 11 is 0. The van der Waals surface area contributed by atoms with E-state index in [-0.39, 0.29) is 11.6 Å². The Labute approximate surface area is 124 Å². The van der Waals surface area contributed by atoms with Crippen molar-refractivity contribution in [1.29, 1.82) is 0 Å². The smallest absolute Gasteiger partial charge is 0.270 e. The normalized spacial score (nSPS) is 22.0. The van der Waals surface area contributed by atoms with Crippen molar-refractivity contribution >= 4 is 17.3 Å². The summed E-state index contributed by atoms with van der Waals surface area (Å²) in [6, 6.07) is 4.35. The number of nitrogens with one attached hydrogen (secondary N) is 1. The highest BCUT2D eigenvalue weighted by atomic mass is 16.6. The van der Waals surface area contributed by atoms with Crippen LogP contribution in [0.2, 0.25) is 0 Å². The number of nitro benzene ring substituents is 1. The third-order valence-electron chi connectivity index (χ3n) is 4.34. The number of carbonyl (C=O) groups is 1. The predicted molar refractivity (Wildman–Crippen MR) is 81.5 cm³/mol. The molecule has 2 atom stereocenters. The number of benzene rings is 1.